The molecule has 1 heterocycles. The molecule has 8 heteroatoms. The van der Waals surface area contributed by atoms with Crippen LogP contribution in [0.2, 0.25) is 0 Å². The van der Waals surface area contributed by atoms with Gasteiger partial charge >= 0.3 is 6.18 Å². The second kappa shape index (κ2) is 5.32. The Bertz CT molecular complexity index is 551. The van der Waals surface area contributed by atoms with Gasteiger partial charge in [0.15, 0.2) is 0 Å². The van der Waals surface area contributed by atoms with Crippen LogP contribution in [-0.2, 0) is 12.4 Å². The van der Waals surface area contributed by atoms with Crippen molar-refractivity contribution in [1.82, 2.24) is 9.55 Å². The van der Waals surface area contributed by atoms with Crippen LogP contribution in [-0.4, -0.2) is 15.7 Å². The van der Waals surface area contributed by atoms with Crippen molar-refractivity contribution in [2.24, 2.45) is 0 Å². The number of benzene rings is 1. The first-order chi connectivity index (χ1) is 7.90. The van der Waals surface area contributed by atoms with E-state index in [4.69, 9.17) is 11.6 Å². The molecule has 0 saturated carbocycles. The van der Waals surface area contributed by atoms with Crippen molar-refractivity contribution in [1.29, 1.82) is 0 Å². The molecule has 2 aromatic rings. The first-order valence-electron chi connectivity index (χ1n) is 4.68. The second-order valence-electron chi connectivity index (χ2n) is 3.50. The molecule has 0 fully saturated rings. The number of imidazole rings is 1. The lowest BCUT2D eigenvalue weighted by Gasteiger charge is -2.10. The van der Waals surface area contributed by atoms with Gasteiger partial charge < -0.3 is 4.57 Å². The highest BCUT2D eigenvalue weighted by molar-refractivity contribution is 6.16. The Morgan fingerprint density at radius 3 is 2.50 bits per heavy atom. The molecule has 1 aromatic heterocycles. The van der Waals surface area contributed by atoms with E-state index in [1.54, 1.807) is 0 Å². The normalized spacial score (nSPS) is 11.6. The monoisotopic (exact) mass is 302 g/mol. The van der Waals surface area contributed by atoms with Gasteiger partial charge in [0.05, 0.1) is 16.9 Å². The average molecular weight is 303 g/mol. The molecule has 0 saturated heterocycles. The third kappa shape index (κ3) is 3.05. The van der Waals surface area contributed by atoms with Crippen LogP contribution in [0.25, 0.3) is 11.0 Å². The van der Waals surface area contributed by atoms with Crippen molar-refractivity contribution in [2.75, 3.05) is 0 Å². The van der Waals surface area contributed by atoms with Gasteiger partial charge in [0.1, 0.15) is 18.2 Å². The summed E-state index contributed by atoms with van der Waals surface area (Å²) < 4.78 is 51.0. The van der Waals surface area contributed by atoms with E-state index < -0.39 is 18.5 Å². The molecule has 2 nitrogen and oxygen atoms in total. The van der Waals surface area contributed by atoms with Crippen LogP contribution in [0.15, 0.2) is 18.2 Å². The summed E-state index contributed by atoms with van der Waals surface area (Å²) in [5.74, 6) is -0.633. The number of hydrogen-bond donors (Lipinski definition) is 0. The molecule has 0 N–H and O–H groups in total. The van der Waals surface area contributed by atoms with E-state index in [0.717, 1.165) is 16.7 Å². The zero-order chi connectivity index (χ0) is 12.6. The summed E-state index contributed by atoms with van der Waals surface area (Å²) in [4.78, 5) is 3.87. The summed E-state index contributed by atoms with van der Waals surface area (Å²) in [6.07, 6.45) is -4.37. The number of halogens is 6. The van der Waals surface area contributed by atoms with Gasteiger partial charge in [-0.3, -0.25) is 0 Å². The van der Waals surface area contributed by atoms with Crippen molar-refractivity contribution in [2.45, 2.75) is 18.6 Å². The van der Waals surface area contributed by atoms with Crippen molar-refractivity contribution in [3.63, 3.8) is 0 Å². The molecule has 0 radical (unpaired) electrons. The van der Waals surface area contributed by atoms with Gasteiger partial charge in [-0.2, -0.15) is 13.2 Å². The van der Waals surface area contributed by atoms with E-state index in [-0.39, 0.29) is 35.1 Å². The molecule has 100 valence electrons. The predicted octanol–water partition coefficient (Wildman–Crippen LogP) is 3.90. The molecule has 0 aliphatic heterocycles. The fraction of sp³-hybridized carbons (Fsp3) is 0.300. The number of rotatable bonds is 2. The van der Waals surface area contributed by atoms with Gasteiger partial charge in [-0.25, -0.2) is 9.37 Å². The maximum atomic E-state index is 12.9. The zero-order valence-corrected chi connectivity index (χ0v) is 10.4. The summed E-state index contributed by atoms with van der Waals surface area (Å²) in [5, 5.41) is 0. The van der Waals surface area contributed by atoms with Crippen molar-refractivity contribution >= 4 is 35.0 Å². The van der Waals surface area contributed by atoms with Gasteiger partial charge in [0.25, 0.3) is 0 Å². The summed E-state index contributed by atoms with van der Waals surface area (Å²) >= 11 is 5.53. The molecule has 1 aromatic carbocycles. The molecule has 0 aliphatic rings. The predicted molar refractivity (Wildman–Crippen MR) is 62.6 cm³/mol. The second-order valence-corrected chi connectivity index (χ2v) is 3.76. The SMILES string of the molecule is Cl.Fc1ccc2c(c1)nc(CCl)n2CC(F)(F)F. The minimum absolute atomic E-state index is 0. The van der Waals surface area contributed by atoms with E-state index in [1.807, 2.05) is 0 Å². The highest BCUT2D eigenvalue weighted by atomic mass is 35.5. The highest BCUT2D eigenvalue weighted by Gasteiger charge is 2.30. The third-order valence-electron chi connectivity index (χ3n) is 2.25. The third-order valence-corrected chi connectivity index (χ3v) is 2.49. The summed E-state index contributed by atoms with van der Waals surface area (Å²) in [6.45, 7) is -1.18. The lowest BCUT2D eigenvalue weighted by Crippen LogP contribution is -2.19. The van der Waals surface area contributed by atoms with E-state index in [9.17, 15) is 17.6 Å². The molecule has 0 amide bonds. The average Bonchev–Trinajstić information content (AvgIpc) is 2.53. The summed E-state index contributed by atoms with van der Waals surface area (Å²) in [7, 11) is 0. The Hall–Kier alpha value is -1.01. The number of alkyl halides is 4. The highest BCUT2D eigenvalue weighted by Crippen LogP contribution is 2.24. The lowest BCUT2D eigenvalue weighted by molar-refractivity contribution is -0.140. The molecule has 0 aliphatic carbocycles. The Morgan fingerprint density at radius 2 is 1.94 bits per heavy atom. The van der Waals surface area contributed by atoms with Gasteiger partial charge in [-0.05, 0) is 12.1 Å². The van der Waals surface area contributed by atoms with Gasteiger partial charge in [-0.15, -0.1) is 24.0 Å². The molecule has 0 atom stereocenters. The first kappa shape index (κ1) is 15.0. The zero-order valence-electron chi connectivity index (χ0n) is 8.84. The number of hydrogen-bond acceptors (Lipinski definition) is 1. The van der Waals surface area contributed by atoms with E-state index >= 15 is 0 Å². The molecule has 0 spiro atoms. The number of fused-ring (bicyclic) bond motifs is 1. The van der Waals surface area contributed by atoms with Gasteiger partial charge in [0, 0.05) is 6.07 Å². The van der Waals surface area contributed by atoms with Crippen LogP contribution >= 0.6 is 24.0 Å². The van der Waals surface area contributed by atoms with Crippen molar-refractivity contribution in [3.8, 4) is 0 Å². The van der Waals surface area contributed by atoms with Crippen LogP contribution in [0.1, 0.15) is 5.82 Å². The molecule has 0 unspecified atom stereocenters. The Morgan fingerprint density at radius 1 is 1.28 bits per heavy atom. The van der Waals surface area contributed by atoms with E-state index in [1.165, 1.54) is 6.07 Å². The molecule has 18 heavy (non-hydrogen) atoms. The quantitative estimate of drug-likeness (QED) is 0.608. The van der Waals surface area contributed by atoms with E-state index in [0.29, 0.717) is 0 Å². The van der Waals surface area contributed by atoms with Crippen molar-refractivity contribution in [3.05, 3.63) is 29.8 Å². The van der Waals surface area contributed by atoms with Crippen LogP contribution in [0.4, 0.5) is 17.6 Å². The Balaban J connectivity index is 0.00000162. The first-order valence-corrected chi connectivity index (χ1v) is 5.21. The maximum absolute atomic E-state index is 12.9. The lowest BCUT2D eigenvalue weighted by atomic mass is 10.3. The fourth-order valence-electron chi connectivity index (χ4n) is 1.61. The molecular formula is C10H8Cl2F4N2. The fourth-order valence-corrected chi connectivity index (χ4v) is 1.81. The molecule has 2 rings (SSSR count). The number of nitrogens with zero attached hydrogens (tertiary/aromatic N) is 2. The van der Waals surface area contributed by atoms with Gasteiger partial charge in [0.2, 0.25) is 0 Å². The summed E-state index contributed by atoms with van der Waals surface area (Å²) in [5.41, 5.74) is 0.393. The minimum Gasteiger partial charge on any atom is -0.318 e. The Kier molecular flexibility index (Phi) is 4.45. The molecular weight excluding hydrogens is 295 g/mol. The smallest absolute Gasteiger partial charge is 0.318 e. The van der Waals surface area contributed by atoms with Crippen LogP contribution < -0.4 is 0 Å². The standard InChI is InChI=1S/C10H7ClF4N2.ClH/c11-4-9-16-7-3-6(12)1-2-8(7)17(9)5-10(13,14)15;/h1-3H,4-5H2;1H. The topological polar surface area (TPSA) is 17.8 Å². The van der Waals surface area contributed by atoms with E-state index in [2.05, 4.69) is 4.98 Å². The van der Waals surface area contributed by atoms with Crippen LogP contribution in [0.5, 0.6) is 0 Å². The Labute approximate surface area is 111 Å². The minimum atomic E-state index is -4.37. The van der Waals surface area contributed by atoms with Crippen LogP contribution in [0, 0.1) is 5.82 Å². The van der Waals surface area contributed by atoms with Crippen LogP contribution in [0.3, 0.4) is 0 Å². The molecule has 0 bridgehead atoms. The largest absolute Gasteiger partial charge is 0.406 e. The van der Waals surface area contributed by atoms with Gasteiger partial charge in [-0.1, -0.05) is 0 Å². The number of aromatic nitrogens is 2. The summed E-state index contributed by atoms with van der Waals surface area (Å²) in [6, 6.07) is 3.44. The van der Waals surface area contributed by atoms with Crippen molar-refractivity contribution < 1.29 is 17.6 Å². The maximum Gasteiger partial charge on any atom is 0.406 e.